The lowest BCUT2D eigenvalue weighted by Crippen LogP contribution is -2.47. The summed E-state index contributed by atoms with van der Waals surface area (Å²) < 4.78 is 5.28. The molecule has 2 atom stereocenters. The summed E-state index contributed by atoms with van der Waals surface area (Å²) in [4.78, 5) is 0. The number of hydrogen-bond donors (Lipinski definition) is 2. The maximum Gasteiger partial charge on any atom is 0.0601 e. The summed E-state index contributed by atoms with van der Waals surface area (Å²) in [6.45, 7) is 3.17. The third-order valence-electron chi connectivity index (χ3n) is 3.95. The average molecular weight is 248 g/mol. The lowest BCUT2D eigenvalue weighted by atomic mass is 9.88. The second kappa shape index (κ2) is 6.32. The van der Waals surface area contributed by atoms with Gasteiger partial charge in [-0.05, 0) is 30.9 Å². The fourth-order valence-electron chi connectivity index (χ4n) is 2.41. The molecule has 2 rings (SSSR count). The Hall–Kier alpha value is -0.900. The standard InChI is InChI=1S/C15H24N2O/c1-11(10-17-13-8-14(9-13)18-2)15(16)12-6-4-3-5-7-12/h3-7,11,13-15,17H,8-10,16H2,1-2H3. The monoisotopic (exact) mass is 248 g/mol. The van der Waals surface area contributed by atoms with E-state index in [1.165, 1.54) is 5.56 Å². The van der Waals surface area contributed by atoms with E-state index >= 15 is 0 Å². The predicted molar refractivity (Wildman–Crippen MR) is 74.4 cm³/mol. The van der Waals surface area contributed by atoms with Gasteiger partial charge < -0.3 is 15.8 Å². The molecule has 100 valence electrons. The van der Waals surface area contributed by atoms with Crippen LogP contribution in [0, 0.1) is 5.92 Å². The molecule has 0 bridgehead atoms. The van der Waals surface area contributed by atoms with Crippen LogP contribution < -0.4 is 11.1 Å². The van der Waals surface area contributed by atoms with Crippen molar-refractivity contribution in [2.45, 2.75) is 38.0 Å². The van der Waals surface area contributed by atoms with Gasteiger partial charge in [-0.25, -0.2) is 0 Å². The quantitative estimate of drug-likeness (QED) is 0.810. The molecule has 18 heavy (non-hydrogen) atoms. The van der Waals surface area contributed by atoms with Gasteiger partial charge in [0, 0.05) is 19.2 Å². The molecule has 1 aliphatic rings. The molecule has 1 aromatic carbocycles. The van der Waals surface area contributed by atoms with Gasteiger partial charge in [0.15, 0.2) is 0 Å². The van der Waals surface area contributed by atoms with Crippen molar-refractivity contribution >= 4 is 0 Å². The van der Waals surface area contributed by atoms with E-state index in [0.29, 0.717) is 18.1 Å². The molecular weight excluding hydrogens is 224 g/mol. The number of benzene rings is 1. The molecule has 2 unspecified atom stereocenters. The Morgan fingerprint density at radius 1 is 1.33 bits per heavy atom. The van der Waals surface area contributed by atoms with Gasteiger partial charge in [-0.2, -0.15) is 0 Å². The lowest BCUT2D eigenvalue weighted by molar-refractivity contribution is 0.0164. The smallest absolute Gasteiger partial charge is 0.0601 e. The van der Waals surface area contributed by atoms with Crippen LogP contribution in [0.1, 0.15) is 31.4 Å². The molecule has 1 saturated carbocycles. The van der Waals surface area contributed by atoms with E-state index in [9.17, 15) is 0 Å². The Morgan fingerprint density at radius 2 is 2.00 bits per heavy atom. The zero-order chi connectivity index (χ0) is 13.0. The minimum Gasteiger partial charge on any atom is -0.381 e. The highest BCUT2D eigenvalue weighted by molar-refractivity contribution is 5.19. The molecule has 0 aromatic heterocycles. The van der Waals surface area contributed by atoms with Crippen molar-refractivity contribution in [3.63, 3.8) is 0 Å². The third-order valence-corrected chi connectivity index (χ3v) is 3.95. The summed E-state index contributed by atoms with van der Waals surface area (Å²) in [7, 11) is 1.79. The van der Waals surface area contributed by atoms with Gasteiger partial charge in [0.1, 0.15) is 0 Å². The fraction of sp³-hybridized carbons (Fsp3) is 0.600. The van der Waals surface area contributed by atoms with Gasteiger partial charge in [-0.1, -0.05) is 37.3 Å². The Balaban J connectivity index is 1.73. The van der Waals surface area contributed by atoms with Crippen LogP contribution in [0.2, 0.25) is 0 Å². The minimum atomic E-state index is 0.108. The Bertz CT molecular complexity index is 349. The molecule has 1 fully saturated rings. The second-order valence-electron chi connectivity index (χ2n) is 5.35. The van der Waals surface area contributed by atoms with Crippen LogP contribution in [0.25, 0.3) is 0 Å². The zero-order valence-electron chi connectivity index (χ0n) is 11.3. The van der Waals surface area contributed by atoms with Crippen LogP contribution in [0.5, 0.6) is 0 Å². The molecule has 1 aliphatic carbocycles. The highest BCUT2D eigenvalue weighted by atomic mass is 16.5. The van der Waals surface area contributed by atoms with Crippen molar-refractivity contribution in [2.24, 2.45) is 11.7 Å². The number of rotatable bonds is 6. The van der Waals surface area contributed by atoms with E-state index in [1.807, 2.05) is 18.2 Å². The molecule has 0 saturated heterocycles. The summed E-state index contributed by atoms with van der Waals surface area (Å²) in [6, 6.07) is 11.0. The van der Waals surface area contributed by atoms with Crippen molar-refractivity contribution in [1.82, 2.24) is 5.32 Å². The average Bonchev–Trinajstić information content (AvgIpc) is 2.37. The first-order valence-electron chi connectivity index (χ1n) is 6.77. The van der Waals surface area contributed by atoms with E-state index in [1.54, 1.807) is 7.11 Å². The molecule has 3 nitrogen and oxygen atoms in total. The largest absolute Gasteiger partial charge is 0.381 e. The number of hydrogen-bond acceptors (Lipinski definition) is 3. The molecule has 0 amide bonds. The number of ether oxygens (including phenoxy) is 1. The summed E-state index contributed by atoms with van der Waals surface area (Å²) in [5, 5.41) is 3.57. The number of nitrogens with one attached hydrogen (secondary N) is 1. The lowest BCUT2D eigenvalue weighted by Gasteiger charge is -2.36. The van der Waals surface area contributed by atoms with Crippen LogP contribution in [-0.4, -0.2) is 25.8 Å². The molecule has 0 radical (unpaired) electrons. The second-order valence-corrected chi connectivity index (χ2v) is 5.35. The van der Waals surface area contributed by atoms with Crippen LogP contribution in [0.15, 0.2) is 30.3 Å². The van der Waals surface area contributed by atoms with Gasteiger partial charge in [0.2, 0.25) is 0 Å². The van der Waals surface area contributed by atoms with Crippen molar-refractivity contribution in [3.05, 3.63) is 35.9 Å². The van der Waals surface area contributed by atoms with Crippen molar-refractivity contribution in [2.75, 3.05) is 13.7 Å². The summed E-state index contributed by atoms with van der Waals surface area (Å²) in [6.07, 6.45) is 2.72. The molecular formula is C15H24N2O. The van der Waals surface area contributed by atoms with Crippen molar-refractivity contribution < 1.29 is 4.74 Å². The highest BCUT2D eigenvalue weighted by Crippen LogP contribution is 2.24. The van der Waals surface area contributed by atoms with Gasteiger partial charge >= 0.3 is 0 Å². The maximum atomic E-state index is 6.27. The first-order chi connectivity index (χ1) is 8.70. The first kappa shape index (κ1) is 13.5. The van der Waals surface area contributed by atoms with Crippen LogP contribution in [-0.2, 0) is 4.74 Å². The minimum absolute atomic E-state index is 0.108. The normalized spacial score (nSPS) is 26.4. The Kier molecular flexibility index (Phi) is 4.75. The van der Waals surface area contributed by atoms with Gasteiger partial charge in [0.05, 0.1) is 6.10 Å². The molecule has 1 aromatic rings. The van der Waals surface area contributed by atoms with Gasteiger partial charge in [0.25, 0.3) is 0 Å². The summed E-state index contributed by atoms with van der Waals surface area (Å²) >= 11 is 0. The highest BCUT2D eigenvalue weighted by Gasteiger charge is 2.29. The van der Waals surface area contributed by atoms with Gasteiger partial charge in [-0.3, -0.25) is 0 Å². The third kappa shape index (κ3) is 3.31. The van der Waals surface area contributed by atoms with E-state index in [4.69, 9.17) is 10.5 Å². The van der Waals surface area contributed by atoms with Crippen molar-refractivity contribution in [1.29, 1.82) is 0 Å². The van der Waals surface area contributed by atoms with E-state index in [2.05, 4.69) is 24.4 Å². The zero-order valence-corrected chi connectivity index (χ0v) is 11.3. The van der Waals surface area contributed by atoms with Gasteiger partial charge in [-0.15, -0.1) is 0 Å². The summed E-state index contributed by atoms with van der Waals surface area (Å²) in [5.41, 5.74) is 7.49. The topological polar surface area (TPSA) is 47.3 Å². The Morgan fingerprint density at radius 3 is 2.61 bits per heavy atom. The summed E-state index contributed by atoms with van der Waals surface area (Å²) in [5.74, 6) is 0.439. The molecule has 0 heterocycles. The van der Waals surface area contributed by atoms with Crippen LogP contribution >= 0.6 is 0 Å². The van der Waals surface area contributed by atoms with E-state index in [0.717, 1.165) is 19.4 Å². The number of methoxy groups -OCH3 is 1. The van der Waals surface area contributed by atoms with Crippen LogP contribution in [0.4, 0.5) is 0 Å². The maximum absolute atomic E-state index is 6.27. The van der Waals surface area contributed by atoms with Crippen molar-refractivity contribution in [3.8, 4) is 0 Å². The predicted octanol–water partition coefficient (Wildman–Crippen LogP) is 2.09. The number of nitrogens with two attached hydrogens (primary N) is 1. The van der Waals surface area contributed by atoms with E-state index < -0.39 is 0 Å². The Labute approximate surface area is 110 Å². The molecule has 3 heteroatoms. The molecule has 3 N–H and O–H groups in total. The SMILES string of the molecule is COC1CC(NCC(C)C(N)c2ccccc2)C1. The fourth-order valence-corrected chi connectivity index (χ4v) is 2.41. The first-order valence-corrected chi connectivity index (χ1v) is 6.77. The molecule has 0 spiro atoms. The molecule has 0 aliphatic heterocycles. The van der Waals surface area contributed by atoms with E-state index in [-0.39, 0.29) is 6.04 Å². The van der Waals surface area contributed by atoms with Crippen LogP contribution in [0.3, 0.4) is 0 Å².